The van der Waals surface area contributed by atoms with Crippen LogP contribution in [0.1, 0.15) is 24.4 Å². The molecule has 0 aliphatic carbocycles. The first-order chi connectivity index (χ1) is 13.1. The fourth-order valence-electron chi connectivity index (χ4n) is 3.32. The minimum absolute atomic E-state index is 0.0213. The molecule has 1 amide bonds. The molecule has 28 heavy (non-hydrogen) atoms. The van der Waals surface area contributed by atoms with Crippen LogP contribution in [0.15, 0.2) is 39.7 Å². The normalized spacial score (nSPS) is 17.6. The minimum atomic E-state index is -4.62. The maximum atomic E-state index is 13.0. The molecule has 0 saturated carbocycles. The van der Waals surface area contributed by atoms with E-state index in [2.05, 4.69) is 15.9 Å². The molecular formula is C18H16BrF3N2O4. The third kappa shape index (κ3) is 4.01. The first-order valence-electron chi connectivity index (χ1n) is 8.38. The van der Waals surface area contributed by atoms with E-state index in [-0.39, 0.29) is 17.7 Å². The van der Waals surface area contributed by atoms with Crippen LogP contribution in [0.4, 0.5) is 18.0 Å². The van der Waals surface area contributed by atoms with E-state index in [1.54, 1.807) is 0 Å². The second kappa shape index (κ2) is 7.50. The second-order valence-corrected chi connectivity index (χ2v) is 7.45. The zero-order valence-electron chi connectivity index (χ0n) is 14.4. The van der Waals surface area contributed by atoms with Crippen LogP contribution in [0, 0.1) is 0 Å². The second-order valence-electron chi connectivity index (χ2n) is 6.54. The average molecular weight is 461 g/mol. The Labute approximate surface area is 166 Å². The number of benzene rings is 1. The summed E-state index contributed by atoms with van der Waals surface area (Å²) < 4.78 is 40.3. The third-order valence-electron chi connectivity index (χ3n) is 4.69. The quantitative estimate of drug-likeness (QED) is 0.698. The van der Waals surface area contributed by atoms with Gasteiger partial charge in [0.25, 0.3) is 5.56 Å². The molecule has 1 aliphatic heterocycles. The lowest BCUT2D eigenvalue weighted by atomic mass is 10.0. The summed E-state index contributed by atoms with van der Waals surface area (Å²) in [7, 11) is 0. The highest BCUT2D eigenvalue weighted by molar-refractivity contribution is 9.10. The molecule has 1 saturated heterocycles. The van der Waals surface area contributed by atoms with Gasteiger partial charge in [0.1, 0.15) is 5.75 Å². The van der Waals surface area contributed by atoms with E-state index in [0.717, 1.165) is 12.1 Å². The summed E-state index contributed by atoms with van der Waals surface area (Å²) in [6, 6.07) is 3.43. The first kappa shape index (κ1) is 20.2. The standard InChI is InChI=1S/C18H16BrF3N2O4/c19-11-7-14(13-4-3-10(6-15(13)25)18(20,21)22)16(26)24(8-11)12-2-1-5-23(9-12)17(27)28/h3-4,6-8,12,25H,1-2,5,9H2,(H,27,28). The van der Waals surface area contributed by atoms with Crippen LogP contribution >= 0.6 is 15.9 Å². The zero-order chi connectivity index (χ0) is 20.6. The Hall–Kier alpha value is -2.49. The van der Waals surface area contributed by atoms with Crippen LogP contribution in [0.5, 0.6) is 5.75 Å². The van der Waals surface area contributed by atoms with Gasteiger partial charge in [0.05, 0.1) is 17.2 Å². The van der Waals surface area contributed by atoms with E-state index in [1.165, 1.54) is 21.7 Å². The van der Waals surface area contributed by atoms with Crippen molar-refractivity contribution in [3.8, 4) is 16.9 Å². The van der Waals surface area contributed by atoms with Crippen molar-refractivity contribution in [1.29, 1.82) is 0 Å². The molecule has 0 radical (unpaired) electrons. The highest BCUT2D eigenvalue weighted by Crippen LogP contribution is 2.36. The van der Waals surface area contributed by atoms with Crippen molar-refractivity contribution < 1.29 is 28.2 Å². The summed E-state index contributed by atoms with van der Waals surface area (Å²) in [5.74, 6) is -0.660. The number of halogens is 4. The highest BCUT2D eigenvalue weighted by Gasteiger charge is 2.32. The molecule has 10 heteroatoms. The molecule has 3 rings (SSSR count). The minimum Gasteiger partial charge on any atom is -0.507 e. The Morgan fingerprint density at radius 2 is 1.93 bits per heavy atom. The smallest absolute Gasteiger partial charge is 0.416 e. The molecule has 1 atom stereocenters. The molecule has 150 valence electrons. The Morgan fingerprint density at radius 1 is 1.21 bits per heavy atom. The average Bonchev–Trinajstić information content (AvgIpc) is 2.62. The summed E-state index contributed by atoms with van der Waals surface area (Å²) in [5, 5.41) is 19.3. The topological polar surface area (TPSA) is 82.8 Å². The molecule has 1 unspecified atom stereocenters. The molecule has 1 fully saturated rings. The fourth-order valence-corrected chi connectivity index (χ4v) is 3.77. The van der Waals surface area contributed by atoms with Gasteiger partial charge in [0.15, 0.2) is 0 Å². The van der Waals surface area contributed by atoms with Crippen molar-refractivity contribution >= 4 is 22.0 Å². The summed E-state index contributed by atoms with van der Waals surface area (Å²) in [4.78, 5) is 25.4. The van der Waals surface area contributed by atoms with E-state index in [4.69, 9.17) is 0 Å². The van der Waals surface area contributed by atoms with Gasteiger partial charge in [-0.3, -0.25) is 4.79 Å². The number of phenols is 1. The number of piperidine rings is 1. The number of phenolic OH excluding ortho intramolecular Hbond substituents is 1. The van der Waals surface area contributed by atoms with Crippen LogP contribution in [0.3, 0.4) is 0 Å². The molecule has 1 aliphatic rings. The van der Waals surface area contributed by atoms with E-state index >= 15 is 0 Å². The molecule has 1 aromatic carbocycles. The number of rotatable bonds is 2. The van der Waals surface area contributed by atoms with Crippen molar-refractivity contribution in [3.63, 3.8) is 0 Å². The van der Waals surface area contributed by atoms with Gasteiger partial charge >= 0.3 is 12.3 Å². The number of aromatic nitrogens is 1. The van der Waals surface area contributed by atoms with Gasteiger partial charge in [-0.1, -0.05) is 0 Å². The third-order valence-corrected chi connectivity index (χ3v) is 5.12. The number of alkyl halides is 3. The number of hydrogen-bond acceptors (Lipinski definition) is 3. The number of nitrogens with zero attached hydrogens (tertiary/aromatic N) is 2. The van der Waals surface area contributed by atoms with Gasteiger partial charge in [-0.15, -0.1) is 0 Å². The maximum absolute atomic E-state index is 13.0. The molecule has 1 aromatic heterocycles. The van der Waals surface area contributed by atoms with Crippen LogP contribution in [0.25, 0.3) is 11.1 Å². The summed E-state index contributed by atoms with van der Waals surface area (Å²) >= 11 is 3.27. The summed E-state index contributed by atoms with van der Waals surface area (Å²) in [5.41, 5.74) is -1.55. The number of hydrogen-bond donors (Lipinski definition) is 2. The Bertz CT molecular complexity index is 974. The van der Waals surface area contributed by atoms with Crippen molar-refractivity contribution in [3.05, 3.63) is 50.9 Å². The molecule has 6 nitrogen and oxygen atoms in total. The molecule has 2 N–H and O–H groups in total. The van der Waals surface area contributed by atoms with E-state index < -0.39 is 35.2 Å². The van der Waals surface area contributed by atoms with Gasteiger partial charge in [-0.05, 0) is 53.0 Å². The van der Waals surface area contributed by atoms with Crippen molar-refractivity contribution in [1.82, 2.24) is 9.47 Å². The van der Waals surface area contributed by atoms with Gasteiger partial charge < -0.3 is 19.7 Å². The van der Waals surface area contributed by atoms with Crippen molar-refractivity contribution in [2.75, 3.05) is 13.1 Å². The summed E-state index contributed by atoms with van der Waals surface area (Å²) in [6.45, 7) is 0.505. The van der Waals surface area contributed by atoms with E-state index in [9.17, 15) is 33.0 Å². The number of carboxylic acid groups (broad SMARTS) is 1. The van der Waals surface area contributed by atoms with Crippen LogP contribution in [-0.4, -0.2) is 38.9 Å². The predicted molar refractivity (Wildman–Crippen MR) is 98.4 cm³/mol. The van der Waals surface area contributed by atoms with Gasteiger partial charge in [-0.2, -0.15) is 13.2 Å². The lowest BCUT2D eigenvalue weighted by Gasteiger charge is -2.32. The van der Waals surface area contributed by atoms with Gasteiger partial charge in [-0.25, -0.2) is 4.79 Å². The summed E-state index contributed by atoms with van der Waals surface area (Å²) in [6.07, 6.45) is -3.01. The lowest BCUT2D eigenvalue weighted by Crippen LogP contribution is -2.42. The highest BCUT2D eigenvalue weighted by atomic mass is 79.9. The molecule has 2 aromatic rings. The molecule has 0 bridgehead atoms. The SMILES string of the molecule is O=C(O)N1CCCC(n2cc(Br)cc(-c3ccc(C(F)(F)F)cc3O)c2=O)C1. The number of likely N-dealkylation sites (tertiary alicyclic amines) is 1. The maximum Gasteiger partial charge on any atom is 0.416 e. The molecule has 2 heterocycles. The number of amides is 1. The van der Waals surface area contributed by atoms with Crippen LogP contribution < -0.4 is 5.56 Å². The number of aromatic hydroxyl groups is 1. The lowest BCUT2D eigenvalue weighted by molar-refractivity contribution is -0.137. The van der Waals surface area contributed by atoms with Crippen molar-refractivity contribution in [2.24, 2.45) is 0 Å². The Kier molecular flexibility index (Phi) is 5.42. The first-order valence-corrected chi connectivity index (χ1v) is 9.17. The Balaban J connectivity index is 2.05. The molecular weight excluding hydrogens is 445 g/mol. The predicted octanol–water partition coefficient (Wildman–Crippen LogP) is 4.32. The van der Waals surface area contributed by atoms with Gasteiger partial charge in [0, 0.05) is 29.3 Å². The van der Waals surface area contributed by atoms with Crippen LogP contribution in [-0.2, 0) is 6.18 Å². The zero-order valence-corrected chi connectivity index (χ0v) is 16.0. The largest absolute Gasteiger partial charge is 0.507 e. The van der Waals surface area contributed by atoms with Crippen LogP contribution in [0.2, 0.25) is 0 Å². The van der Waals surface area contributed by atoms with E-state index in [0.29, 0.717) is 29.9 Å². The fraction of sp³-hybridized carbons (Fsp3) is 0.333. The van der Waals surface area contributed by atoms with Gasteiger partial charge in [0.2, 0.25) is 0 Å². The number of carbonyl (C=O) groups is 1. The Morgan fingerprint density at radius 3 is 2.54 bits per heavy atom. The molecule has 0 spiro atoms. The monoisotopic (exact) mass is 460 g/mol. The van der Waals surface area contributed by atoms with E-state index in [1.807, 2.05) is 0 Å². The number of pyridine rings is 1. The van der Waals surface area contributed by atoms with Crippen molar-refractivity contribution in [2.45, 2.75) is 25.1 Å².